The van der Waals surface area contributed by atoms with Crippen molar-refractivity contribution in [1.29, 1.82) is 5.26 Å². The lowest BCUT2D eigenvalue weighted by Crippen LogP contribution is -2.54. The van der Waals surface area contributed by atoms with Crippen molar-refractivity contribution >= 4 is 0 Å². The van der Waals surface area contributed by atoms with Crippen LogP contribution in [0.1, 0.15) is 71.1 Å². The van der Waals surface area contributed by atoms with Crippen LogP contribution in [-0.2, 0) is 0 Å². The molecule has 0 atom stereocenters. The van der Waals surface area contributed by atoms with Gasteiger partial charge in [-0.25, -0.2) is 0 Å². The van der Waals surface area contributed by atoms with Gasteiger partial charge in [-0.1, -0.05) is 45.4 Å². The number of nitrogens with zero attached hydrogens (tertiary/aromatic N) is 2. The van der Waals surface area contributed by atoms with Gasteiger partial charge in [-0.2, -0.15) is 5.26 Å². The summed E-state index contributed by atoms with van der Waals surface area (Å²) in [5.41, 5.74) is -0.116. The molecule has 0 aromatic carbocycles. The Morgan fingerprint density at radius 1 is 1.06 bits per heavy atom. The van der Waals surface area contributed by atoms with Gasteiger partial charge in [-0.15, -0.1) is 0 Å². The highest BCUT2D eigenvalue weighted by molar-refractivity contribution is 5.11. The highest BCUT2D eigenvalue weighted by Crippen LogP contribution is 2.37. The van der Waals surface area contributed by atoms with Gasteiger partial charge in [0.2, 0.25) is 0 Å². The van der Waals surface area contributed by atoms with Crippen molar-refractivity contribution < 1.29 is 0 Å². The maximum Gasteiger partial charge on any atom is 0.109 e. The monoisotopic (exact) mass is 234 g/mol. The van der Waals surface area contributed by atoms with Crippen molar-refractivity contribution in [3.8, 4) is 6.07 Å². The number of rotatable bonds is 3. The second-order valence-corrected chi connectivity index (χ2v) is 5.78. The molecule has 0 aliphatic heterocycles. The lowest BCUT2D eigenvalue weighted by atomic mass is 9.79. The van der Waals surface area contributed by atoms with Gasteiger partial charge < -0.3 is 0 Å². The van der Waals surface area contributed by atoms with E-state index in [4.69, 9.17) is 0 Å². The molecular weight excluding hydrogens is 208 g/mol. The Hall–Kier alpha value is -0.550. The van der Waals surface area contributed by atoms with Crippen LogP contribution < -0.4 is 0 Å². The largest absolute Gasteiger partial charge is 0.283 e. The Morgan fingerprint density at radius 2 is 1.65 bits per heavy atom. The molecule has 0 bridgehead atoms. The molecule has 0 unspecified atom stereocenters. The van der Waals surface area contributed by atoms with Crippen molar-refractivity contribution in [2.45, 2.75) is 82.7 Å². The smallest absolute Gasteiger partial charge is 0.109 e. The van der Waals surface area contributed by atoms with Crippen LogP contribution in [0.2, 0.25) is 0 Å². The molecular formula is C15H26N2. The second kappa shape index (κ2) is 5.87. The molecule has 2 rings (SSSR count). The highest BCUT2D eigenvalue weighted by Gasteiger charge is 2.40. The summed E-state index contributed by atoms with van der Waals surface area (Å²) in [6.45, 7) is 3.29. The SMILES string of the molecule is CCN(C1CCCCC1)C1(C#N)CCCCC1. The van der Waals surface area contributed by atoms with Gasteiger partial charge in [-0.3, -0.25) is 4.90 Å². The minimum absolute atomic E-state index is 0.116. The third-order valence-electron chi connectivity index (χ3n) is 4.79. The first-order valence-corrected chi connectivity index (χ1v) is 7.50. The van der Waals surface area contributed by atoms with Crippen LogP contribution in [0.25, 0.3) is 0 Å². The fourth-order valence-corrected chi connectivity index (χ4v) is 3.90. The lowest BCUT2D eigenvalue weighted by Gasteiger charge is -2.46. The van der Waals surface area contributed by atoms with Crippen molar-refractivity contribution in [2.24, 2.45) is 0 Å². The first-order chi connectivity index (χ1) is 8.32. The van der Waals surface area contributed by atoms with E-state index in [1.54, 1.807) is 0 Å². The lowest BCUT2D eigenvalue weighted by molar-refractivity contribution is 0.0414. The van der Waals surface area contributed by atoms with E-state index in [0.717, 1.165) is 19.4 Å². The molecule has 0 radical (unpaired) electrons. The Labute approximate surface area is 106 Å². The van der Waals surface area contributed by atoms with Crippen LogP contribution in [0.3, 0.4) is 0 Å². The Bertz CT molecular complexity index is 267. The zero-order chi connectivity index (χ0) is 12.1. The Morgan fingerprint density at radius 3 is 2.18 bits per heavy atom. The molecule has 0 saturated heterocycles. The normalized spacial score (nSPS) is 25.7. The molecule has 0 aromatic rings. The van der Waals surface area contributed by atoms with Gasteiger partial charge in [-0.05, 0) is 32.2 Å². The molecule has 96 valence electrons. The van der Waals surface area contributed by atoms with E-state index in [0.29, 0.717) is 6.04 Å². The van der Waals surface area contributed by atoms with E-state index < -0.39 is 0 Å². The van der Waals surface area contributed by atoms with Crippen LogP contribution in [-0.4, -0.2) is 23.0 Å². The summed E-state index contributed by atoms with van der Waals surface area (Å²) in [4.78, 5) is 2.56. The fraction of sp³-hybridized carbons (Fsp3) is 0.933. The van der Waals surface area contributed by atoms with Crippen LogP contribution >= 0.6 is 0 Å². The number of hydrogen-bond acceptors (Lipinski definition) is 2. The van der Waals surface area contributed by atoms with Crippen molar-refractivity contribution in [2.75, 3.05) is 6.54 Å². The van der Waals surface area contributed by atoms with Gasteiger partial charge in [0.1, 0.15) is 5.54 Å². The predicted molar refractivity (Wildman–Crippen MR) is 70.7 cm³/mol. The Kier molecular flexibility index (Phi) is 4.45. The predicted octanol–water partition coefficient (Wildman–Crippen LogP) is 3.87. The molecule has 2 aliphatic rings. The minimum atomic E-state index is -0.116. The van der Waals surface area contributed by atoms with E-state index in [2.05, 4.69) is 17.9 Å². The molecule has 0 aromatic heterocycles. The summed E-state index contributed by atoms with van der Waals surface area (Å²) in [6.07, 6.45) is 12.8. The molecule has 17 heavy (non-hydrogen) atoms. The standard InChI is InChI=1S/C15H26N2/c1-2-17(14-9-5-3-6-10-14)15(13-16)11-7-4-8-12-15/h14H,2-12H2,1H3. The third kappa shape index (κ3) is 2.65. The zero-order valence-corrected chi connectivity index (χ0v) is 11.2. The zero-order valence-electron chi connectivity index (χ0n) is 11.2. The van der Waals surface area contributed by atoms with Gasteiger partial charge in [0.15, 0.2) is 0 Å². The molecule has 0 N–H and O–H groups in total. The van der Waals surface area contributed by atoms with Gasteiger partial charge in [0.05, 0.1) is 6.07 Å². The highest BCUT2D eigenvalue weighted by atomic mass is 15.2. The van der Waals surface area contributed by atoms with Gasteiger partial charge >= 0.3 is 0 Å². The van der Waals surface area contributed by atoms with E-state index in [-0.39, 0.29) is 5.54 Å². The van der Waals surface area contributed by atoms with Gasteiger partial charge in [0.25, 0.3) is 0 Å². The maximum atomic E-state index is 9.68. The van der Waals surface area contributed by atoms with E-state index in [1.807, 2.05) is 0 Å². The average Bonchev–Trinajstić information content (AvgIpc) is 2.42. The quantitative estimate of drug-likeness (QED) is 0.741. The summed E-state index contributed by atoms with van der Waals surface area (Å²) in [6, 6.07) is 3.38. The third-order valence-corrected chi connectivity index (χ3v) is 4.79. The molecule has 0 amide bonds. The molecule has 0 spiro atoms. The van der Waals surface area contributed by atoms with Gasteiger partial charge in [0, 0.05) is 6.04 Å². The van der Waals surface area contributed by atoms with Crippen LogP contribution in [0.15, 0.2) is 0 Å². The molecule has 2 aliphatic carbocycles. The minimum Gasteiger partial charge on any atom is -0.283 e. The number of nitriles is 1. The van der Waals surface area contributed by atoms with Crippen molar-refractivity contribution in [3.05, 3.63) is 0 Å². The summed E-state index contributed by atoms with van der Waals surface area (Å²) in [5.74, 6) is 0. The molecule has 2 fully saturated rings. The fourth-order valence-electron chi connectivity index (χ4n) is 3.90. The summed E-state index contributed by atoms with van der Waals surface area (Å²) >= 11 is 0. The molecule has 2 heteroatoms. The summed E-state index contributed by atoms with van der Waals surface area (Å²) < 4.78 is 0. The first-order valence-electron chi connectivity index (χ1n) is 7.50. The summed E-state index contributed by atoms with van der Waals surface area (Å²) in [7, 11) is 0. The van der Waals surface area contributed by atoms with E-state index in [9.17, 15) is 5.26 Å². The second-order valence-electron chi connectivity index (χ2n) is 5.78. The maximum absolute atomic E-state index is 9.68. The van der Waals surface area contributed by atoms with Crippen LogP contribution in [0, 0.1) is 11.3 Å². The average molecular weight is 234 g/mol. The van der Waals surface area contributed by atoms with Crippen LogP contribution in [0.5, 0.6) is 0 Å². The first kappa shape index (κ1) is 12.9. The molecule has 0 heterocycles. The van der Waals surface area contributed by atoms with Crippen molar-refractivity contribution in [3.63, 3.8) is 0 Å². The Balaban J connectivity index is 2.11. The molecule has 2 saturated carbocycles. The number of hydrogen-bond donors (Lipinski definition) is 0. The van der Waals surface area contributed by atoms with E-state index >= 15 is 0 Å². The van der Waals surface area contributed by atoms with E-state index in [1.165, 1.54) is 51.4 Å². The topological polar surface area (TPSA) is 27.0 Å². The van der Waals surface area contributed by atoms with Crippen molar-refractivity contribution in [1.82, 2.24) is 4.90 Å². The molecule has 2 nitrogen and oxygen atoms in total. The summed E-state index contributed by atoms with van der Waals surface area (Å²) in [5, 5.41) is 9.68. The van der Waals surface area contributed by atoms with Crippen LogP contribution in [0.4, 0.5) is 0 Å².